The Balaban J connectivity index is 2.23. The first kappa shape index (κ1) is 14.1. The number of amides is 1. The van der Waals surface area contributed by atoms with Gasteiger partial charge in [-0.1, -0.05) is 30.7 Å². The molecule has 3 nitrogen and oxygen atoms in total. The lowest BCUT2D eigenvalue weighted by atomic mass is 9.95. The molecule has 0 radical (unpaired) electrons. The van der Waals surface area contributed by atoms with Gasteiger partial charge in [0.2, 0.25) is 5.91 Å². The van der Waals surface area contributed by atoms with E-state index >= 15 is 0 Å². The van der Waals surface area contributed by atoms with E-state index in [1.807, 2.05) is 30.9 Å². The fourth-order valence-corrected chi connectivity index (χ4v) is 2.98. The molecule has 19 heavy (non-hydrogen) atoms. The van der Waals surface area contributed by atoms with Crippen LogP contribution in [0.1, 0.15) is 49.0 Å². The Bertz CT molecular complexity index is 470. The zero-order valence-electron chi connectivity index (χ0n) is 12.0. The Hall–Kier alpha value is -1.35. The first-order valence-corrected chi connectivity index (χ1v) is 7.09. The molecule has 0 bridgehead atoms. The highest BCUT2D eigenvalue weighted by Gasteiger charge is 2.36. The van der Waals surface area contributed by atoms with Crippen molar-refractivity contribution >= 4 is 5.91 Å². The van der Waals surface area contributed by atoms with Crippen LogP contribution in [-0.2, 0) is 4.79 Å². The van der Waals surface area contributed by atoms with Crippen molar-refractivity contribution in [3.63, 3.8) is 0 Å². The molecule has 1 aliphatic rings. The average Bonchev–Trinajstić information content (AvgIpc) is 2.71. The van der Waals surface area contributed by atoms with E-state index in [0.717, 1.165) is 30.5 Å². The maximum absolute atomic E-state index is 11.9. The molecule has 1 N–H and O–H groups in total. The van der Waals surface area contributed by atoms with Crippen LogP contribution in [0, 0.1) is 13.8 Å². The molecule has 1 saturated heterocycles. The van der Waals surface area contributed by atoms with Crippen LogP contribution in [-0.4, -0.2) is 28.5 Å². The molecule has 1 heterocycles. The second-order valence-corrected chi connectivity index (χ2v) is 5.50. The smallest absolute Gasteiger partial charge is 0.222 e. The summed E-state index contributed by atoms with van der Waals surface area (Å²) in [6, 6.07) is 6.03. The lowest BCUT2D eigenvalue weighted by Crippen LogP contribution is -2.37. The average molecular weight is 261 g/mol. The van der Waals surface area contributed by atoms with Gasteiger partial charge in [-0.05, 0) is 37.8 Å². The summed E-state index contributed by atoms with van der Waals surface area (Å²) in [6.07, 6.45) is 1.68. The van der Waals surface area contributed by atoms with Gasteiger partial charge in [-0.15, -0.1) is 0 Å². The minimum Gasteiger partial charge on any atom is -0.386 e. The van der Waals surface area contributed by atoms with Crippen LogP contribution in [0.5, 0.6) is 0 Å². The Morgan fingerprint density at radius 3 is 2.79 bits per heavy atom. The van der Waals surface area contributed by atoms with Crippen LogP contribution >= 0.6 is 0 Å². The minimum atomic E-state index is -0.571. The van der Waals surface area contributed by atoms with Crippen molar-refractivity contribution in [3.05, 3.63) is 34.9 Å². The lowest BCUT2D eigenvalue weighted by Gasteiger charge is -2.29. The van der Waals surface area contributed by atoms with Gasteiger partial charge in [-0.25, -0.2) is 0 Å². The number of hydrogen-bond acceptors (Lipinski definition) is 2. The van der Waals surface area contributed by atoms with Gasteiger partial charge in [0.25, 0.3) is 0 Å². The summed E-state index contributed by atoms with van der Waals surface area (Å²) >= 11 is 0. The van der Waals surface area contributed by atoms with E-state index in [1.165, 1.54) is 5.56 Å². The van der Waals surface area contributed by atoms with Crippen molar-refractivity contribution in [2.24, 2.45) is 0 Å². The Labute approximate surface area is 115 Å². The third-order valence-corrected chi connectivity index (χ3v) is 3.95. The zero-order valence-corrected chi connectivity index (χ0v) is 12.0. The predicted molar refractivity (Wildman–Crippen MR) is 75.9 cm³/mol. The largest absolute Gasteiger partial charge is 0.386 e. The van der Waals surface area contributed by atoms with Crippen LogP contribution < -0.4 is 0 Å². The van der Waals surface area contributed by atoms with E-state index in [0.29, 0.717) is 6.42 Å². The summed E-state index contributed by atoms with van der Waals surface area (Å²) in [5.74, 6) is 0.177. The summed E-state index contributed by atoms with van der Waals surface area (Å²) in [7, 11) is 0. The van der Waals surface area contributed by atoms with Gasteiger partial charge in [0.15, 0.2) is 0 Å². The molecule has 2 atom stereocenters. The van der Waals surface area contributed by atoms with Crippen molar-refractivity contribution in [1.82, 2.24) is 4.90 Å². The van der Waals surface area contributed by atoms with Gasteiger partial charge < -0.3 is 10.0 Å². The third kappa shape index (κ3) is 2.81. The van der Waals surface area contributed by atoms with E-state index < -0.39 is 6.10 Å². The molecule has 1 aromatic rings. The molecule has 0 saturated carbocycles. The molecule has 2 rings (SSSR count). The number of aliphatic hydroxyl groups excluding tert-OH is 1. The number of aliphatic hydroxyl groups is 1. The summed E-state index contributed by atoms with van der Waals surface area (Å²) in [5.41, 5.74) is 3.25. The Morgan fingerprint density at radius 1 is 1.42 bits per heavy atom. The maximum Gasteiger partial charge on any atom is 0.222 e. The van der Waals surface area contributed by atoms with Crippen molar-refractivity contribution in [2.75, 3.05) is 6.54 Å². The first-order valence-electron chi connectivity index (χ1n) is 7.09. The van der Waals surface area contributed by atoms with Crippen molar-refractivity contribution in [2.45, 2.75) is 52.2 Å². The molecule has 0 aliphatic carbocycles. The van der Waals surface area contributed by atoms with E-state index in [4.69, 9.17) is 0 Å². The quantitative estimate of drug-likeness (QED) is 0.905. The number of rotatable bonds is 4. The van der Waals surface area contributed by atoms with Crippen molar-refractivity contribution in [3.8, 4) is 0 Å². The molecule has 1 aromatic carbocycles. The van der Waals surface area contributed by atoms with Crippen LogP contribution in [0.2, 0.25) is 0 Å². The maximum atomic E-state index is 11.9. The summed E-state index contributed by atoms with van der Waals surface area (Å²) in [4.78, 5) is 13.7. The lowest BCUT2D eigenvalue weighted by molar-refractivity contribution is -0.130. The summed E-state index contributed by atoms with van der Waals surface area (Å²) in [6.45, 7) is 6.87. The van der Waals surface area contributed by atoms with Gasteiger partial charge in [-0.3, -0.25) is 4.79 Å². The summed E-state index contributed by atoms with van der Waals surface area (Å²) in [5, 5.41) is 10.6. The monoisotopic (exact) mass is 261 g/mol. The number of aryl methyl sites for hydroxylation is 2. The second kappa shape index (κ2) is 5.74. The molecule has 1 aliphatic heterocycles. The molecule has 0 unspecified atom stereocenters. The molecule has 1 amide bonds. The minimum absolute atomic E-state index is 0.0612. The number of nitrogens with zero attached hydrogens (tertiary/aromatic N) is 1. The van der Waals surface area contributed by atoms with Gasteiger partial charge in [0, 0.05) is 13.0 Å². The SMILES string of the molecule is CCCN1C(=O)CC[C@H]1[C@H](O)c1ccc(C)cc1C. The van der Waals surface area contributed by atoms with Gasteiger partial charge >= 0.3 is 0 Å². The molecule has 0 spiro atoms. The fourth-order valence-electron chi connectivity index (χ4n) is 2.98. The number of carbonyl (C=O) groups is 1. The Morgan fingerprint density at radius 2 is 2.16 bits per heavy atom. The predicted octanol–water partition coefficient (Wildman–Crippen LogP) is 2.74. The van der Waals surface area contributed by atoms with Gasteiger partial charge in [-0.2, -0.15) is 0 Å². The molecular weight excluding hydrogens is 238 g/mol. The zero-order chi connectivity index (χ0) is 14.0. The van der Waals surface area contributed by atoms with E-state index in [2.05, 4.69) is 13.0 Å². The van der Waals surface area contributed by atoms with Gasteiger partial charge in [0.1, 0.15) is 0 Å². The molecule has 3 heteroatoms. The van der Waals surface area contributed by atoms with Crippen LogP contribution in [0.3, 0.4) is 0 Å². The normalized spacial score (nSPS) is 20.9. The first-order chi connectivity index (χ1) is 9.04. The Kier molecular flexibility index (Phi) is 4.25. The highest BCUT2D eigenvalue weighted by molar-refractivity contribution is 5.78. The van der Waals surface area contributed by atoms with Crippen LogP contribution in [0.15, 0.2) is 18.2 Å². The number of carbonyl (C=O) groups excluding carboxylic acids is 1. The van der Waals surface area contributed by atoms with E-state index in [-0.39, 0.29) is 11.9 Å². The molecule has 104 valence electrons. The molecule has 1 fully saturated rings. The third-order valence-electron chi connectivity index (χ3n) is 3.95. The van der Waals surface area contributed by atoms with E-state index in [1.54, 1.807) is 0 Å². The topological polar surface area (TPSA) is 40.5 Å². The number of benzene rings is 1. The fraction of sp³-hybridized carbons (Fsp3) is 0.562. The summed E-state index contributed by atoms with van der Waals surface area (Å²) < 4.78 is 0. The van der Waals surface area contributed by atoms with Gasteiger partial charge in [0.05, 0.1) is 12.1 Å². The highest BCUT2D eigenvalue weighted by atomic mass is 16.3. The molecular formula is C16H23NO2. The number of hydrogen-bond donors (Lipinski definition) is 1. The highest BCUT2D eigenvalue weighted by Crippen LogP contribution is 2.31. The van der Waals surface area contributed by atoms with Crippen LogP contribution in [0.4, 0.5) is 0 Å². The second-order valence-electron chi connectivity index (χ2n) is 5.50. The van der Waals surface area contributed by atoms with Crippen molar-refractivity contribution in [1.29, 1.82) is 0 Å². The van der Waals surface area contributed by atoms with Crippen LogP contribution in [0.25, 0.3) is 0 Å². The van der Waals surface area contributed by atoms with Crippen molar-refractivity contribution < 1.29 is 9.90 Å². The standard InChI is InChI=1S/C16H23NO2/c1-4-9-17-14(7-8-15(17)18)16(19)13-6-5-11(2)10-12(13)3/h5-6,10,14,16,19H,4,7-9H2,1-3H3/t14-,16+/m0/s1. The number of likely N-dealkylation sites (tertiary alicyclic amines) is 1. The van der Waals surface area contributed by atoms with E-state index in [9.17, 15) is 9.90 Å². The molecule has 0 aromatic heterocycles.